The molecule has 0 bridgehead atoms. The molecule has 27 heavy (non-hydrogen) atoms. The first-order valence-corrected chi connectivity index (χ1v) is 10.8. The highest BCUT2D eigenvalue weighted by atomic mass is 32.2. The first-order chi connectivity index (χ1) is 13.1. The second-order valence-electron chi connectivity index (χ2n) is 6.86. The third-order valence-corrected chi connectivity index (χ3v) is 6.50. The van der Waals surface area contributed by atoms with Crippen LogP contribution >= 0.6 is 24.0 Å². The van der Waals surface area contributed by atoms with Crippen LogP contribution in [0.25, 0.3) is 0 Å². The molecule has 9 heteroatoms. The molecule has 3 aliphatic heterocycles. The SMILES string of the molecule is O=C1OC[C@H](CNC(=S)N2CCC2)N1c1ccc(N2CCSCC2)c(F)c1. The van der Waals surface area contributed by atoms with Gasteiger partial charge in [-0.05, 0) is 36.8 Å². The molecule has 0 aliphatic carbocycles. The lowest BCUT2D eigenvalue weighted by molar-refractivity contribution is 0.179. The predicted octanol–water partition coefficient (Wildman–Crippen LogP) is 2.28. The summed E-state index contributed by atoms with van der Waals surface area (Å²) in [5.41, 5.74) is 1.12. The topological polar surface area (TPSA) is 48.1 Å². The minimum absolute atomic E-state index is 0.214. The molecular weight excluding hydrogens is 387 g/mol. The van der Waals surface area contributed by atoms with E-state index in [4.69, 9.17) is 17.0 Å². The minimum Gasteiger partial charge on any atom is -0.447 e. The van der Waals surface area contributed by atoms with Crippen LogP contribution in [0.15, 0.2) is 18.2 Å². The number of amides is 1. The number of benzene rings is 1. The van der Waals surface area contributed by atoms with Gasteiger partial charge in [0.25, 0.3) is 0 Å². The summed E-state index contributed by atoms with van der Waals surface area (Å²) >= 11 is 7.24. The number of hydrogen-bond donors (Lipinski definition) is 1. The number of carbonyl (C=O) groups is 1. The van der Waals surface area contributed by atoms with Crippen LogP contribution in [0, 0.1) is 5.82 Å². The molecule has 3 heterocycles. The van der Waals surface area contributed by atoms with Crippen LogP contribution in [-0.2, 0) is 4.74 Å². The van der Waals surface area contributed by atoms with Gasteiger partial charge in [0.05, 0.1) is 17.4 Å². The molecule has 146 valence electrons. The van der Waals surface area contributed by atoms with Gasteiger partial charge in [-0.1, -0.05) is 0 Å². The largest absolute Gasteiger partial charge is 0.447 e. The van der Waals surface area contributed by atoms with E-state index in [0.717, 1.165) is 44.1 Å². The third kappa shape index (κ3) is 3.94. The van der Waals surface area contributed by atoms with E-state index in [1.807, 2.05) is 11.8 Å². The van der Waals surface area contributed by atoms with Gasteiger partial charge >= 0.3 is 6.09 Å². The molecule has 0 saturated carbocycles. The number of nitrogens with zero attached hydrogens (tertiary/aromatic N) is 3. The van der Waals surface area contributed by atoms with Gasteiger partial charge in [0.1, 0.15) is 12.4 Å². The minimum atomic E-state index is -0.446. The number of thiocarbonyl (C=S) groups is 1. The Kier molecular flexibility index (Phi) is 5.58. The highest BCUT2D eigenvalue weighted by molar-refractivity contribution is 7.99. The maximum atomic E-state index is 14.7. The van der Waals surface area contributed by atoms with Crippen molar-refractivity contribution in [2.75, 3.05) is 60.6 Å². The lowest BCUT2D eigenvalue weighted by atomic mass is 10.2. The zero-order chi connectivity index (χ0) is 18.8. The smallest absolute Gasteiger partial charge is 0.414 e. The molecule has 0 spiro atoms. The summed E-state index contributed by atoms with van der Waals surface area (Å²) in [6.07, 6.45) is 0.707. The Morgan fingerprint density at radius 3 is 2.74 bits per heavy atom. The molecule has 1 N–H and O–H groups in total. The lowest BCUT2D eigenvalue weighted by Gasteiger charge is -2.34. The van der Waals surface area contributed by atoms with Crippen LogP contribution in [0.1, 0.15) is 6.42 Å². The number of thioether (sulfide) groups is 1. The van der Waals surface area contributed by atoms with E-state index in [1.165, 1.54) is 11.0 Å². The van der Waals surface area contributed by atoms with Crippen molar-refractivity contribution < 1.29 is 13.9 Å². The summed E-state index contributed by atoms with van der Waals surface area (Å²) in [6.45, 7) is 4.37. The Bertz CT molecular complexity index is 725. The number of anilines is 2. The Labute approximate surface area is 168 Å². The van der Waals surface area contributed by atoms with Gasteiger partial charge in [-0.3, -0.25) is 4.90 Å². The standard InChI is InChI=1S/C18H23FN4O2S2/c19-15-10-13(2-3-16(15)21-6-8-27-9-7-21)23-14(12-25-18(23)24)11-20-17(26)22-4-1-5-22/h2-3,10,14H,1,4-9,11-12H2,(H,20,26)/t14-/m0/s1. The molecule has 4 rings (SSSR count). The molecule has 0 unspecified atom stereocenters. The van der Waals surface area contributed by atoms with Gasteiger partial charge in [-0.2, -0.15) is 11.8 Å². The van der Waals surface area contributed by atoms with E-state index in [0.29, 0.717) is 23.0 Å². The predicted molar refractivity (Wildman–Crippen MR) is 110 cm³/mol. The summed E-state index contributed by atoms with van der Waals surface area (Å²) in [7, 11) is 0. The first-order valence-electron chi connectivity index (χ1n) is 9.24. The van der Waals surface area contributed by atoms with Gasteiger partial charge < -0.3 is 19.9 Å². The number of ether oxygens (including phenoxy) is 1. The van der Waals surface area contributed by atoms with Crippen LogP contribution in [0.4, 0.5) is 20.6 Å². The van der Waals surface area contributed by atoms with Gasteiger partial charge in [-0.25, -0.2) is 9.18 Å². The average molecular weight is 411 g/mol. The van der Waals surface area contributed by atoms with Crippen LogP contribution in [-0.4, -0.2) is 73.0 Å². The summed E-state index contributed by atoms with van der Waals surface area (Å²) in [6, 6.07) is 4.78. The molecule has 3 aliphatic rings. The van der Waals surface area contributed by atoms with Gasteiger partial charge in [0.2, 0.25) is 0 Å². The number of rotatable bonds is 4. The second kappa shape index (κ2) is 8.10. The van der Waals surface area contributed by atoms with Crippen LogP contribution in [0.3, 0.4) is 0 Å². The van der Waals surface area contributed by atoms with E-state index in [1.54, 1.807) is 12.1 Å². The molecule has 0 radical (unpaired) electrons. The Morgan fingerprint density at radius 1 is 1.30 bits per heavy atom. The van der Waals surface area contributed by atoms with Crippen LogP contribution in [0.5, 0.6) is 0 Å². The van der Waals surface area contributed by atoms with Gasteiger partial charge in [0, 0.05) is 44.2 Å². The van der Waals surface area contributed by atoms with Crippen molar-refractivity contribution in [2.24, 2.45) is 0 Å². The van der Waals surface area contributed by atoms with E-state index >= 15 is 0 Å². The van der Waals surface area contributed by atoms with Gasteiger partial charge in [0.15, 0.2) is 5.11 Å². The molecule has 3 saturated heterocycles. The Hall–Kier alpha value is -1.74. The number of likely N-dealkylation sites (tertiary alicyclic amines) is 1. The highest BCUT2D eigenvalue weighted by Crippen LogP contribution is 2.30. The van der Waals surface area contributed by atoms with E-state index in [9.17, 15) is 9.18 Å². The lowest BCUT2D eigenvalue weighted by Crippen LogP contribution is -2.51. The van der Waals surface area contributed by atoms with Crippen LogP contribution in [0.2, 0.25) is 0 Å². The molecule has 1 atom stereocenters. The number of hydrogen-bond acceptors (Lipinski definition) is 5. The normalized spacial score (nSPS) is 22.5. The Balaban J connectivity index is 1.45. The molecule has 3 fully saturated rings. The molecule has 1 amide bonds. The fourth-order valence-electron chi connectivity index (χ4n) is 3.47. The fourth-order valence-corrected chi connectivity index (χ4v) is 4.64. The highest BCUT2D eigenvalue weighted by Gasteiger charge is 2.35. The monoisotopic (exact) mass is 410 g/mol. The summed E-state index contributed by atoms with van der Waals surface area (Å²) in [5, 5.41) is 3.90. The number of nitrogens with one attached hydrogen (secondary N) is 1. The molecular formula is C18H23FN4O2S2. The van der Waals surface area contributed by atoms with E-state index in [2.05, 4.69) is 15.1 Å². The number of cyclic esters (lactones) is 1. The zero-order valence-electron chi connectivity index (χ0n) is 15.0. The second-order valence-corrected chi connectivity index (χ2v) is 8.47. The quantitative estimate of drug-likeness (QED) is 0.764. The van der Waals surface area contributed by atoms with Gasteiger partial charge in [-0.15, -0.1) is 0 Å². The molecule has 6 nitrogen and oxygen atoms in total. The number of halogens is 1. The van der Waals surface area contributed by atoms with Crippen molar-refractivity contribution in [3.05, 3.63) is 24.0 Å². The maximum absolute atomic E-state index is 14.7. The van der Waals surface area contributed by atoms with E-state index < -0.39 is 6.09 Å². The summed E-state index contributed by atoms with van der Waals surface area (Å²) < 4.78 is 20.0. The average Bonchev–Trinajstić information content (AvgIpc) is 3.00. The van der Waals surface area contributed by atoms with E-state index in [-0.39, 0.29) is 18.5 Å². The first kappa shape index (κ1) is 18.6. The van der Waals surface area contributed by atoms with Crippen molar-refractivity contribution in [1.82, 2.24) is 10.2 Å². The van der Waals surface area contributed by atoms with Crippen molar-refractivity contribution in [3.63, 3.8) is 0 Å². The molecule has 1 aromatic rings. The third-order valence-electron chi connectivity index (χ3n) is 5.15. The van der Waals surface area contributed by atoms with Crippen LogP contribution < -0.4 is 15.1 Å². The molecule has 1 aromatic carbocycles. The zero-order valence-corrected chi connectivity index (χ0v) is 16.7. The fraction of sp³-hybridized carbons (Fsp3) is 0.556. The van der Waals surface area contributed by atoms with Crippen molar-refractivity contribution in [3.8, 4) is 0 Å². The summed E-state index contributed by atoms with van der Waals surface area (Å²) in [4.78, 5) is 17.9. The Morgan fingerprint density at radius 2 is 2.07 bits per heavy atom. The number of carbonyl (C=O) groups excluding carboxylic acids is 1. The van der Waals surface area contributed by atoms with Crippen molar-refractivity contribution >= 4 is 46.6 Å². The van der Waals surface area contributed by atoms with Crippen molar-refractivity contribution in [1.29, 1.82) is 0 Å². The maximum Gasteiger partial charge on any atom is 0.414 e. The molecule has 0 aromatic heterocycles. The summed E-state index contributed by atoms with van der Waals surface area (Å²) in [5.74, 6) is 1.70. The van der Waals surface area contributed by atoms with Crippen molar-refractivity contribution in [2.45, 2.75) is 12.5 Å².